The van der Waals surface area contributed by atoms with Crippen LogP contribution in [-0.2, 0) is 0 Å². The summed E-state index contributed by atoms with van der Waals surface area (Å²) < 4.78 is 0. The van der Waals surface area contributed by atoms with Crippen LogP contribution >= 0.6 is 11.3 Å². The van der Waals surface area contributed by atoms with Crippen LogP contribution in [0.4, 0.5) is 9.93 Å². The van der Waals surface area contributed by atoms with E-state index in [1.165, 1.54) is 16.9 Å². The van der Waals surface area contributed by atoms with Crippen LogP contribution in [0.3, 0.4) is 0 Å². The van der Waals surface area contributed by atoms with Gasteiger partial charge in [-0.15, -0.1) is 11.3 Å². The second kappa shape index (κ2) is 6.52. The fraction of sp³-hybridized carbons (Fsp3) is 0.333. The first-order valence-electron chi connectivity index (χ1n) is 6.64. The van der Waals surface area contributed by atoms with Crippen LogP contribution in [0, 0.1) is 13.8 Å². The first-order valence-corrected chi connectivity index (χ1v) is 7.52. The Kier molecular flexibility index (Phi) is 4.74. The third kappa shape index (κ3) is 3.81. The number of nitrogens with zero attached hydrogens (tertiary/aromatic N) is 1. The van der Waals surface area contributed by atoms with Gasteiger partial charge in [-0.05, 0) is 25.8 Å². The van der Waals surface area contributed by atoms with Crippen molar-refractivity contribution in [1.82, 2.24) is 10.3 Å². The number of amides is 2. The zero-order chi connectivity index (χ0) is 14.5. The number of hydrogen-bond acceptors (Lipinski definition) is 3. The second-order valence-electron chi connectivity index (χ2n) is 4.76. The van der Waals surface area contributed by atoms with Gasteiger partial charge in [0.15, 0.2) is 5.13 Å². The summed E-state index contributed by atoms with van der Waals surface area (Å²) in [6.45, 7) is 6.01. The fourth-order valence-electron chi connectivity index (χ4n) is 1.92. The Morgan fingerprint density at radius 3 is 2.55 bits per heavy atom. The van der Waals surface area contributed by atoms with Gasteiger partial charge in [-0.2, -0.15) is 0 Å². The molecule has 1 unspecified atom stereocenters. The molecule has 0 spiro atoms. The molecule has 2 aromatic rings. The molecule has 0 radical (unpaired) electrons. The molecule has 0 aliphatic rings. The van der Waals surface area contributed by atoms with Crippen molar-refractivity contribution in [3.63, 3.8) is 0 Å². The van der Waals surface area contributed by atoms with Crippen molar-refractivity contribution in [3.05, 3.63) is 46.5 Å². The summed E-state index contributed by atoms with van der Waals surface area (Å²) in [5, 5.41) is 8.28. The minimum atomic E-state index is -0.216. The van der Waals surface area contributed by atoms with Crippen LogP contribution in [0.15, 0.2) is 29.6 Å². The summed E-state index contributed by atoms with van der Waals surface area (Å²) >= 11 is 1.43. The van der Waals surface area contributed by atoms with Gasteiger partial charge in [0.25, 0.3) is 0 Å². The van der Waals surface area contributed by atoms with Crippen LogP contribution in [0.5, 0.6) is 0 Å². The lowest BCUT2D eigenvalue weighted by Gasteiger charge is -2.17. The Balaban J connectivity index is 1.99. The van der Waals surface area contributed by atoms with Gasteiger partial charge in [-0.3, -0.25) is 5.32 Å². The first-order chi connectivity index (χ1) is 9.58. The predicted octanol–water partition coefficient (Wildman–Crippen LogP) is 4.03. The number of carbonyl (C=O) groups excluding carboxylic acids is 1. The van der Waals surface area contributed by atoms with Gasteiger partial charge in [-0.25, -0.2) is 9.78 Å². The molecule has 1 heterocycles. The first kappa shape index (κ1) is 14.5. The minimum Gasteiger partial charge on any atom is -0.331 e. The van der Waals surface area contributed by atoms with E-state index in [2.05, 4.69) is 53.7 Å². The number of thiazole rings is 1. The van der Waals surface area contributed by atoms with Crippen molar-refractivity contribution >= 4 is 22.5 Å². The number of nitrogens with one attached hydrogen (secondary N) is 2. The Morgan fingerprint density at radius 1 is 1.30 bits per heavy atom. The molecule has 2 rings (SSSR count). The van der Waals surface area contributed by atoms with Crippen molar-refractivity contribution in [3.8, 4) is 0 Å². The molecule has 5 heteroatoms. The lowest BCUT2D eigenvalue weighted by Crippen LogP contribution is -2.32. The van der Waals surface area contributed by atoms with Gasteiger partial charge < -0.3 is 5.32 Å². The third-order valence-electron chi connectivity index (χ3n) is 3.03. The summed E-state index contributed by atoms with van der Waals surface area (Å²) in [5.74, 6) is 0. The number of aryl methyl sites for hydroxylation is 2. The van der Waals surface area contributed by atoms with E-state index >= 15 is 0 Å². The summed E-state index contributed by atoms with van der Waals surface area (Å²) in [6.07, 6.45) is 0.841. The molecule has 0 saturated heterocycles. The number of anilines is 1. The molecular weight excluding hydrogens is 270 g/mol. The average Bonchev–Trinajstić information content (AvgIpc) is 2.82. The van der Waals surface area contributed by atoms with E-state index < -0.39 is 0 Å². The van der Waals surface area contributed by atoms with E-state index in [1.54, 1.807) is 0 Å². The largest absolute Gasteiger partial charge is 0.331 e. The van der Waals surface area contributed by atoms with Gasteiger partial charge in [0.1, 0.15) is 0 Å². The minimum absolute atomic E-state index is 0.0108. The van der Waals surface area contributed by atoms with Crippen molar-refractivity contribution in [2.75, 3.05) is 5.32 Å². The fourth-order valence-corrected chi connectivity index (χ4v) is 2.61. The van der Waals surface area contributed by atoms with Gasteiger partial charge in [0, 0.05) is 5.38 Å². The number of rotatable bonds is 4. The van der Waals surface area contributed by atoms with Crippen LogP contribution in [0.1, 0.15) is 36.2 Å². The van der Waals surface area contributed by atoms with E-state index in [9.17, 15) is 4.79 Å². The molecule has 1 atom stereocenters. The molecular formula is C15H19N3OS. The molecule has 0 aliphatic carbocycles. The molecule has 0 fully saturated rings. The normalized spacial score (nSPS) is 11.9. The maximum absolute atomic E-state index is 12.0. The Hall–Kier alpha value is -1.88. The number of carbonyl (C=O) groups is 1. The number of aromatic nitrogens is 1. The third-order valence-corrected chi connectivity index (χ3v) is 3.91. The monoisotopic (exact) mass is 289 g/mol. The van der Waals surface area contributed by atoms with Gasteiger partial charge in [0.05, 0.1) is 11.7 Å². The zero-order valence-electron chi connectivity index (χ0n) is 11.9. The van der Waals surface area contributed by atoms with Crippen molar-refractivity contribution < 1.29 is 4.79 Å². The summed E-state index contributed by atoms with van der Waals surface area (Å²) in [4.78, 5) is 16.2. The van der Waals surface area contributed by atoms with Gasteiger partial charge >= 0.3 is 6.03 Å². The highest BCUT2D eigenvalue weighted by Gasteiger charge is 2.13. The number of hydrogen-bond donors (Lipinski definition) is 2. The van der Waals surface area contributed by atoms with E-state index in [4.69, 9.17) is 0 Å². The second-order valence-corrected chi connectivity index (χ2v) is 5.62. The standard InChI is InChI=1S/C15H19N3OS/c1-4-13(12-7-5-10(2)6-8-12)17-14(19)18-15-16-11(3)9-20-15/h5-9,13H,4H2,1-3H3,(H2,16,17,18,19). The Labute approximate surface area is 123 Å². The highest BCUT2D eigenvalue weighted by molar-refractivity contribution is 7.13. The van der Waals surface area contributed by atoms with Crippen molar-refractivity contribution in [2.45, 2.75) is 33.2 Å². The SMILES string of the molecule is CCC(NC(=O)Nc1nc(C)cs1)c1ccc(C)cc1. The van der Waals surface area contributed by atoms with Crippen LogP contribution < -0.4 is 10.6 Å². The topological polar surface area (TPSA) is 54.0 Å². The Bertz CT molecular complexity index is 577. The average molecular weight is 289 g/mol. The van der Waals surface area contributed by atoms with Crippen LogP contribution in [-0.4, -0.2) is 11.0 Å². The molecule has 2 amide bonds. The molecule has 4 nitrogen and oxygen atoms in total. The lowest BCUT2D eigenvalue weighted by molar-refractivity contribution is 0.248. The molecule has 1 aromatic carbocycles. The summed E-state index contributed by atoms with van der Waals surface area (Å²) in [5.41, 5.74) is 3.24. The van der Waals surface area contributed by atoms with Crippen molar-refractivity contribution in [1.29, 1.82) is 0 Å². The van der Waals surface area contributed by atoms with E-state index in [1.807, 2.05) is 12.3 Å². The summed E-state index contributed by atoms with van der Waals surface area (Å²) in [7, 11) is 0. The zero-order valence-corrected chi connectivity index (χ0v) is 12.8. The highest BCUT2D eigenvalue weighted by Crippen LogP contribution is 2.18. The molecule has 2 N–H and O–H groups in total. The Morgan fingerprint density at radius 2 is 2.00 bits per heavy atom. The highest BCUT2D eigenvalue weighted by atomic mass is 32.1. The van der Waals surface area contributed by atoms with E-state index in [-0.39, 0.29) is 12.1 Å². The maximum Gasteiger partial charge on any atom is 0.321 e. The van der Waals surface area contributed by atoms with E-state index in [0.717, 1.165) is 17.7 Å². The molecule has 0 saturated carbocycles. The van der Waals surface area contributed by atoms with Gasteiger partial charge in [0.2, 0.25) is 0 Å². The molecule has 106 valence electrons. The number of benzene rings is 1. The molecule has 0 bridgehead atoms. The molecule has 1 aromatic heterocycles. The predicted molar refractivity (Wildman–Crippen MR) is 83.2 cm³/mol. The smallest absolute Gasteiger partial charge is 0.321 e. The van der Waals surface area contributed by atoms with E-state index in [0.29, 0.717) is 5.13 Å². The molecule has 0 aliphatic heterocycles. The van der Waals surface area contributed by atoms with Crippen molar-refractivity contribution in [2.24, 2.45) is 0 Å². The lowest BCUT2D eigenvalue weighted by atomic mass is 10.0. The molecule has 20 heavy (non-hydrogen) atoms. The van der Waals surface area contributed by atoms with Gasteiger partial charge in [-0.1, -0.05) is 36.8 Å². The maximum atomic E-state index is 12.0. The summed E-state index contributed by atoms with van der Waals surface area (Å²) in [6, 6.07) is 8.02. The van der Waals surface area contributed by atoms with Crippen LogP contribution in [0.2, 0.25) is 0 Å². The number of urea groups is 1. The van der Waals surface area contributed by atoms with Crippen LogP contribution in [0.25, 0.3) is 0 Å². The quantitative estimate of drug-likeness (QED) is 0.892.